The van der Waals surface area contributed by atoms with Crippen molar-refractivity contribution >= 4 is 17.4 Å². The first kappa shape index (κ1) is 18.5. The van der Waals surface area contributed by atoms with Crippen LogP contribution in [0.15, 0.2) is 67.0 Å². The average Bonchev–Trinajstić information content (AvgIpc) is 2.71. The summed E-state index contributed by atoms with van der Waals surface area (Å²) in [5.41, 5.74) is 1.74. The first-order valence-corrected chi connectivity index (χ1v) is 8.85. The predicted molar refractivity (Wildman–Crippen MR) is 104 cm³/mol. The first-order chi connectivity index (χ1) is 13.2. The number of benzene rings is 2. The third-order valence-electron chi connectivity index (χ3n) is 4.16. The highest BCUT2D eigenvalue weighted by Gasteiger charge is 2.17. The number of halogens is 1. The summed E-state index contributed by atoms with van der Waals surface area (Å²) in [5.74, 6) is 0.131. The molecule has 2 aromatic carbocycles. The standard InChI is InChI=1S/C21H21FN4O/c1-2-26(17-9-4-3-5-10-17)21(27)19-14-25-20(15-24-19)23-13-12-16-8-6-7-11-18(16)22/h3-11,14-15H,2,12-13H2,1H3,(H,23,25). The van der Waals surface area contributed by atoms with Gasteiger partial charge in [-0.3, -0.25) is 4.79 Å². The van der Waals surface area contributed by atoms with Gasteiger partial charge in [-0.2, -0.15) is 0 Å². The summed E-state index contributed by atoms with van der Waals surface area (Å²) >= 11 is 0. The molecule has 0 spiro atoms. The lowest BCUT2D eigenvalue weighted by atomic mass is 10.1. The van der Waals surface area contributed by atoms with E-state index in [0.717, 1.165) is 5.69 Å². The quantitative estimate of drug-likeness (QED) is 0.690. The van der Waals surface area contributed by atoms with Gasteiger partial charge in [0.2, 0.25) is 0 Å². The third-order valence-corrected chi connectivity index (χ3v) is 4.16. The van der Waals surface area contributed by atoms with Gasteiger partial charge in [0.15, 0.2) is 0 Å². The Bertz CT molecular complexity index is 884. The van der Waals surface area contributed by atoms with E-state index in [9.17, 15) is 9.18 Å². The predicted octanol–water partition coefficient (Wildman–Crippen LogP) is 3.94. The lowest BCUT2D eigenvalue weighted by molar-refractivity contribution is 0.0983. The van der Waals surface area contributed by atoms with Crippen molar-refractivity contribution in [3.63, 3.8) is 0 Å². The summed E-state index contributed by atoms with van der Waals surface area (Å²) < 4.78 is 13.6. The Hall–Kier alpha value is -3.28. The lowest BCUT2D eigenvalue weighted by Gasteiger charge is -2.20. The van der Waals surface area contributed by atoms with E-state index in [4.69, 9.17) is 0 Å². The van der Waals surface area contributed by atoms with Gasteiger partial charge >= 0.3 is 0 Å². The molecule has 0 atom stereocenters. The molecule has 0 aliphatic carbocycles. The molecule has 0 aliphatic heterocycles. The largest absolute Gasteiger partial charge is 0.368 e. The molecule has 0 fully saturated rings. The van der Waals surface area contributed by atoms with Gasteiger partial charge in [-0.15, -0.1) is 0 Å². The maximum atomic E-state index is 13.6. The zero-order valence-electron chi connectivity index (χ0n) is 15.1. The fraction of sp³-hybridized carbons (Fsp3) is 0.190. The van der Waals surface area contributed by atoms with E-state index in [1.165, 1.54) is 18.5 Å². The van der Waals surface area contributed by atoms with Crippen LogP contribution in [0.1, 0.15) is 23.0 Å². The number of hydrogen-bond donors (Lipinski definition) is 1. The molecule has 1 amide bonds. The fourth-order valence-electron chi connectivity index (χ4n) is 2.75. The molecule has 5 nitrogen and oxygen atoms in total. The zero-order valence-corrected chi connectivity index (χ0v) is 15.1. The second-order valence-corrected chi connectivity index (χ2v) is 5.94. The molecule has 0 unspecified atom stereocenters. The van der Waals surface area contributed by atoms with Gasteiger partial charge < -0.3 is 10.2 Å². The maximum Gasteiger partial charge on any atom is 0.278 e. The fourth-order valence-corrected chi connectivity index (χ4v) is 2.75. The number of nitrogens with zero attached hydrogens (tertiary/aromatic N) is 3. The van der Waals surface area contributed by atoms with E-state index in [-0.39, 0.29) is 17.4 Å². The molecule has 0 bridgehead atoms. The number of nitrogens with one attached hydrogen (secondary N) is 1. The van der Waals surface area contributed by atoms with E-state index < -0.39 is 0 Å². The highest BCUT2D eigenvalue weighted by atomic mass is 19.1. The second-order valence-electron chi connectivity index (χ2n) is 5.94. The number of carbonyl (C=O) groups is 1. The summed E-state index contributed by atoms with van der Waals surface area (Å²) in [6, 6.07) is 16.1. The average molecular weight is 364 g/mol. The van der Waals surface area contributed by atoms with E-state index in [1.54, 1.807) is 17.0 Å². The summed E-state index contributed by atoms with van der Waals surface area (Å²) in [5, 5.41) is 3.10. The van der Waals surface area contributed by atoms with Crippen molar-refractivity contribution in [2.24, 2.45) is 0 Å². The van der Waals surface area contributed by atoms with Crippen molar-refractivity contribution in [1.82, 2.24) is 9.97 Å². The minimum absolute atomic E-state index is 0.200. The van der Waals surface area contributed by atoms with Gasteiger partial charge in [0.05, 0.1) is 12.4 Å². The van der Waals surface area contributed by atoms with Crippen LogP contribution in [0.3, 0.4) is 0 Å². The molecule has 3 aromatic rings. The Morgan fingerprint density at radius 3 is 2.44 bits per heavy atom. The monoisotopic (exact) mass is 364 g/mol. The minimum Gasteiger partial charge on any atom is -0.368 e. The molecule has 0 saturated carbocycles. The molecular weight excluding hydrogens is 343 g/mol. The van der Waals surface area contributed by atoms with Crippen LogP contribution in [0.25, 0.3) is 0 Å². The topological polar surface area (TPSA) is 58.1 Å². The number of hydrogen-bond acceptors (Lipinski definition) is 4. The van der Waals surface area contributed by atoms with Crippen molar-refractivity contribution in [1.29, 1.82) is 0 Å². The van der Waals surface area contributed by atoms with Crippen molar-refractivity contribution in [2.75, 3.05) is 23.3 Å². The Morgan fingerprint density at radius 1 is 1.04 bits per heavy atom. The normalized spacial score (nSPS) is 10.4. The van der Waals surface area contributed by atoms with Crippen LogP contribution < -0.4 is 10.2 Å². The Kier molecular flexibility index (Phi) is 6.10. The molecule has 0 saturated heterocycles. The van der Waals surface area contributed by atoms with Crippen LogP contribution in [0, 0.1) is 5.82 Å². The summed E-state index contributed by atoms with van der Waals surface area (Å²) in [6.45, 7) is 2.97. The highest BCUT2D eigenvalue weighted by molar-refractivity contribution is 6.04. The summed E-state index contributed by atoms with van der Waals surface area (Å²) in [6.07, 6.45) is 3.51. The van der Waals surface area contributed by atoms with Crippen LogP contribution in [-0.2, 0) is 6.42 Å². The molecule has 1 aromatic heterocycles. The Morgan fingerprint density at radius 2 is 1.78 bits per heavy atom. The molecule has 27 heavy (non-hydrogen) atoms. The Balaban J connectivity index is 1.61. The zero-order chi connectivity index (χ0) is 19.1. The molecule has 138 valence electrons. The number of amides is 1. The van der Waals surface area contributed by atoms with Gasteiger partial charge in [-0.25, -0.2) is 14.4 Å². The molecule has 0 aliphatic rings. The van der Waals surface area contributed by atoms with Crippen molar-refractivity contribution in [2.45, 2.75) is 13.3 Å². The lowest BCUT2D eigenvalue weighted by Crippen LogP contribution is -2.31. The summed E-state index contributed by atoms with van der Waals surface area (Å²) in [7, 11) is 0. The third kappa shape index (κ3) is 4.67. The summed E-state index contributed by atoms with van der Waals surface area (Å²) in [4.78, 5) is 22.8. The number of carbonyl (C=O) groups excluding carboxylic acids is 1. The van der Waals surface area contributed by atoms with E-state index >= 15 is 0 Å². The smallest absolute Gasteiger partial charge is 0.278 e. The van der Waals surface area contributed by atoms with Gasteiger partial charge in [0.1, 0.15) is 17.3 Å². The van der Waals surface area contributed by atoms with Crippen LogP contribution in [0.4, 0.5) is 15.9 Å². The maximum absolute atomic E-state index is 13.6. The van der Waals surface area contributed by atoms with Crippen LogP contribution in [0.2, 0.25) is 0 Å². The Labute approximate surface area is 157 Å². The number of aromatic nitrogens is 2. The van der Waals surface area contributed by atoms with E-state index in [1.807, 2.05) is 43.3 Å². The first-order valence-electron chi connectivity index (χ1n) is 8.85. The highest BCUT2D eigenvalue weighted by Crippen LogP contribution is 2.16. The number of rotatable bonds is 7. The van der Waals surface area contributed by atoms with Crippen LogP contribution in [-0.4, -0.2) is 29.0 Å². The number of para-hydroxylation sites is 1. The van der Waals surface area contributed by atoms with Crippen LogP contribution >= 0.6 is 0 Å². The van der Waals surface area contributed by atoms with Crippen LogP contribution in [0.5, 0.6) is 0 Å². The van der Waals surface area contributed by atoms with Gasteiger partial charge in [0.25, 0.3) is 5.91 Å². The number of anilines is 2. The molecule has 1 N–H and O–H groups in total. The van der Waals surface area contributed by atoms with Crippen molar-refractivity contribution in [3.8, 4) is 0 Å². The molecular formula is C21H21FN4O. The van der Waals surface area contributed by atoms with E-state index in [2.05, 4.69) is 15.3 Å². The van der Waals surface area contributed by atoms with Crippen molar-refractivity contribution < 1.29 is 9.18 Å². The second kappa shape index (κ2) is 8.89. The molecule has 3 rings (SSSR count). The van der Waals surface area contributed by atoms with Gasteiger partial charge in [-0.05, 0) is 37.1 Å². The molecule has 1 heterocycles. The molecule has 6 heteroatoms. The minimum atomic E-state index is -0.216. The van der Waals surface area contributed by atoms with Gasteiger partial charge in [0, 0.05) is 18.8 Å². The SMILES string of the molecule is CCN(C(=O)c1cnc(NCCc2ccccc2F)cn1)c1ccccc1. The van der Waals surface area contributed by atoms with Gasteiger partial charge in [-0.1, -0.05) is 36.4 Å². The van der Waals surface area contributed by atoms with E-state index in [0.29, 0.717) is 30.9 Å². The van der Waals surface area contributed by atoms with Crippen molar-refractivity contribution in [3.05, 3.63) is 84.1 Å². The molecule has 0 radical (unpaired) electrons.